The molecule has 0 unspecified atom stereocenters. The quantitative estimate of drug-likeness (QED) is 0.605. The molecule has 70 valence electrons. The fourth-order valence-electron chi connectivity index (χ4n) is 1.66. The highest BCUT2D eigenvalue weighted by Gasteiger charge is 2.19. The Balaban J connectivity index is 2.15. The predicted octanol–water partition coefficient (Wildman–Crippen LogP) is -0.0870. The molecule has 1 aliphatic rings. The van der Waals surface area contributed by atoms with Crippen molar-refractivity contribution in [2.24, 2.45) is 5.92 Å². The largest absolute Gasteiger partial charge is 0.466 e. The van der Waals surface area contributed by atoms with Crippen LogP contribution in [0.5, 0.6) is 0 Å². The van der Waals surface area contributed by atoms with Crippen LogP contribution in [-0.2, 0) is 9.53 Å². The lowest BCUT2D eigenvalue weighted by Gasteiger charge is -2.18. The Morgan fingerprint density at radius 3 is 3.08 bits per heavy atom. The highest BCUT2D eigenvalue weighted by Crippen LogP contribution is 2.11. The molecule has 1 atom stereocenters. The first-order valence-electron chi connectivity index (χ1n) is 4.80. The van der Waals surface area contributed by atoms with Crippen molar-refractivity contribution in [1.29, 1.82) is 0 Å². The van der Waals surface area contributed by atoms with Gasteiger partial charge in [0.05, 0.1) is 26.1 Å². The van der Waals surface area contributed by atoms with Crippen LogP contribution in [0.15, 0.2) is 0 Å². The lowest BCUT2D eigenvalue weighted by molar-refractivity contribution is -0.668. The van der Waals surface area contributed by atoms with Gasteiger partial charge in [-0.05, 0) is 19.8 Å². The number of ether oxygens (including phenoxy) is 1. The van der Waals surface area contributed by atoms with Gasteiger partial charge in [-0.2, -0.15) is 0 Å². The summed E-state index contributed by atoms with van der Waals surface area (Å²) in [6.45, 7) is 4.68. The summed E-state index contributed by atoms with van der Waals surface area (Å²) in [6, 6.07) is 0. The molecule has 3 nitrogen and oxygen atoms in total. The number of carbonyl (C=O) groups is 1. The maximum absolute atomic E-state index is 11.1. The molecule has 0 amide bonds. The second kappa shape index (κ2) is 5.14. The molecule has 0 aromatic carbocycles. The number of hydrogen-bond donors (Lipinski definition) is 1. The van der Waals surface area contributed by atoms with Crippen molar-refractivity contribution in [2.75, 3.05) is 19.7 Å². The van der Waals surface area contributed by atoms with Gasteiger partial charge in [0, 0.05) is 5.92 Å². The Labute approximate surface area is 73.5 Å². The van der Waals surface area contributed by atoms with Crippen LogP contribution in [-0.4, -0.2) is 25.7 Å². The van der Waals surface area contributed by atoms with Crippen molar-refractivity contribution >= 4 is 5.97 Å². The van der Waals surface area contributed by atoms with E-state index in [2.05, 4.69) is 5.32 Å². The Hall–Kier alpha value is -0.570. The Morgan fingerprint density at radius 1 is 1.67 bits per heavy atom. The zero-order valence-electron chi connectivity index (χ0n) is 7.71. The van der Waals surface area contributed by atoms with E-state index < -0.39 is 0 Å². The van der Waals surface area contributed by atoms with Crippen LogP contribution in [0.4, 0.5) is 0 Å². The second-order valence-corrected chi connectivity index (χ2v) is 3.33. The van der Waals surface area contributed by atoms with Gasteiger partial charge in [-0.3, -0.25) is 4.79 Å². The van der Waals surface area contributed by atoms with Gasteiger partial charge in [0.1, 0.15) is 0 Å². The second-order valence-electron chi connectivity index (χ2n) is 3.33. The van der Waals surface area contributed by atoms with E-state index in [4.69, 9.17) is 4.74 Å². The number of carbonyl (C=O) groups excluding carboxylic acids is 1. The van der Waals surface area contributed by atoms with Crippen LogP contribution in [0.25, 0.3) is 0 Å². The summed E-state index contributed by atoms with van der Waals surface area (Å²) >= 11 is 0. The molecule has 1 aliphatic heterocycles. The molecule has 0 spiro atoms. The maximum Gasteiger partial charge on any atom is 0.306 e. The SMILES string of the molecule is CCOC(=O)C[C@@H]1CCC[NH2+]C1. The summed E-state index contributed by atoms with van der Waals surface area (Å²) in [5.41, 5.74) is 0. The molecule has 0 radical (unpaired) electrons. The van der Waals surface area contributed by atoms with Crippen molar-refractivity contribution in [1.82, 2.24) is 0 Å². The molecule has 0 aliphatic carbocycles. The minimum absolute atomic E-state index is 0.0298. The average Bonchev–Trinajstić information content (AvgIpc) is 2.06. The topological polar surface area (TPSA) is 42.9 Å². The number of nitrogens with two attached hydrogens (primary N) is 1. The lowest BCUT2D eigenvalue weighted by atomic mass is 9.96. The van der Waals surface area contributed by atoms with Crippen molar-refractivity contribution in [3.05, 3.63) is 0 Å². The summed E-state index contributed by atoms with van der Waals surface area (Å²) in [6.07, 6.45) is 3.05. The molecule has 1 fully saturated rings. The Morgan fingerprint density at radius 2 is 2.50 bits per heavy atom. The van der Waals surface area contributed by atoms with Gasteiger partial charge < -0.3 is 10.1 Å². The minimum Gasteiger partial charge on any atom is -0.466 e. The zero-order valence-corrected chi connectivity index (χ0v) is 7.71. The van der Waals surface area contributed by atoms with E-state index in [0.717, 1.165) is 6.54 Å². The molecule has 0 saturated carbocycles. The van der Waals surface area contributed by atoms with Crippen molar-refractivity contribution in [2.45, 2.75) is 26.2 Å². The number of rotatable bonds is 3. The van der Waals surface area contributed by atoms with Crippen LogP contribution >= 0.6 is 0 Å². The fraction of sp³-hybridized carbons (Fsp3) is 0.889. The molecule has 1 saturated heterocycles. The first-order valence-corrected chi connectivity index (χ1v) is 4.80. The zero-order chi connectivity index (χ0) is 8.81. The predicted molar refractivity (Wildman–Crippen MR) is 45.6 cm³/mol. The third-order valence-corrected chi connectivity index (χ3v) is 2.28. The molecule has 0 aromatic heterocycles. The number of esters is 1. The van der Waals surface area contributed by atoms with Gasteiger partial charge >= 0.3 is 5.97 Å². The molecule has 3 heteroatoms. The first-order chi connectivity index (χ1) is 5.83. The fourth-order valence-corrected chi connectivity index (χ4v) is 1.66. The summed E-state index contributed by atoms with van der Waals surface area (Å²) in [5.74, 6) is 0.524. The van der Waals surface area contributed by atoms with Gasteiger partial charge in [0.15, 0.2) is 0 Å². The Kier molecular flexibility index (Phi) is 4.08. The van der Waals surface area contributed by atoms with E-state index in [1.54, 1.807) is 0 Å². The summed E-state index contributed by atoms with van der Waals surface area (Å²) in [7, 11) is 0. The minimum atomic E-state index is -0.0298. The molecule has 12 heavy (non-hydrogen) atoms. The van der Waals surface area contributed by atoms with E-state index in [-0.39, 0.29) is 5.97 Å². The first kappa shape index (κ1) is 9.52. The highest BCUT2D eigenvalue weighted by atomic mass is 16.5. The van der Waals surface area contributed by atoms with Crippen LogP contribution in [0, 0.1) is 5.92 Å². The summed E-state index contributed by atoms with van der Waals surface area (Å²) in [4.78, 5) is 11.1. The van der Waals surface area contributed by atoms with Gasteiger partial charge in [-0.1, -0.05) is 0 Å². The normalized spacial score (nSPS) is 23.6. The third kappa shape index (κ3) is 3.22. The maximum atomic E-state index is 11.1. The van der Waals surface area contributed by atoms with E-state index in [0.29, 0.717) is 18.9 Å². The van der Waals surface area contributed by atoms with E-state index in [9.17, 15) is 4.79 Å². The average molecular weight is 172 g/mol. The van der Waals surface area contributed by atoms with Gasteiger partial charge in [0.2, 0.25) is 0 Å². The molecule has 0 bridgehead atoms. The molecule has 0 aromatic rings. The monoisotopic (exact) mass is 172 g/mol. The van der Waals surface area contributed by atoms with E-state index >= 15 is 0 Å². The third-order valence-electron chi connectivity index (χ3n) is 2.28. The van der Waals surface area contributed by atoms with Gasteiger partial charge in [-0.25, -0.2) is 0 Å². The molecule has 1 rings (SSSR count). The van der Waals surface area contributed by atoms with Gasteiger partial charge in [-0.15, -0.1) is 0 Å². The van der Waals surface area contributed by atoms with Crippen LogP contribution < -0.4 is 5.32 Å². The van der Waals surface area contributed by atoms with E-state index in [1.165, 1.54) is 19.4 Å². The van der Waals surface area contributed by atoms with Crippen LogP contribution in [0.3, 0.4) is 0 Å². The Bertz CT molecular complexity index is 141. The van der Waals surface area contributed by atoms with Gasteiger partial charge in [0.25, 0.3) is 0 Å². The number of piperidine rings is 1. The molecular weight excluding hydrogens is 154 g/mol. The summed E-state index contributed by atoms with van der Waals surface area (Å²) < 4.78 is 4.89. The van der Waals surface area contributed by atoms with Crippen molar-refractivity contribution < 1.29 is 14.8 Å². The van der Waals surface area contributed by atoms with Crippen LogP contribution in [0.1, 0.15) is 26.2 Å². The molecule has 1 heterocycles. The number of quaternary nitrogens is 1. The highest BCUT2D eigenvalue weighted by molar-refractivity contribution is 5.69. The van der Waals surface area contributed by atoms with E-state index in [1.807, 2.05) is 6.92 Å². The lowest BCUT2D eigenvalue weighted by Crippen LogP contribution is -2.87. The standard InChI is InChI=1S/C9H17NO2/c1-2-12-9(11)6-8-4-3-5-10-7-8/h8,10H,2-7H2,1H3/p+1/t8-/m0/s1. The van der Waals surface area contributed by atoms with Crippen LogP contribution in [0.2, 0.25) is 0 Å². The molecule has 2 N–H and O–H groups in total. The molecular formula is C9H18NO2+. The van der Waals surface area contributed by atoms with Crippen molar-refractivity contribution in [3.63, 3.8) is 0 Å². The smallest absolute Gasteiger partial charge is 0.306 e. The number of hydrogen-bond acceptors (Lipinski definition) is 2. The van der Waals surface area contributed by atoms with Crippen molar-refractivity contribution in [3.8, 4) is 0 Å². The summed E-state index contributed by atoms with van der Waals surface area (Å²) in [5, 5.41) is 2.29.